The molecule has 1 heterocycles. The highest BCUT2D eigenvalue weighted by atomic mass is 16.3. The van der Waals surface area contributed by atoms with Gasteiger partial charge < -0.3 is 15.1 Å². The molecular formula is C13H13N3O3. The zero-order chi connectivity index (χ0) is 13.5. The Bertz CT molecular complexity index is 614. The average Bonchev–Trinajstić information content (AvgIpc) is 2.83. The third kappa shape index (κ3) is 3.43. The van der Waals surface area contributed by atoms with E-state index in [2.05, 4.69) is 15.6 Å². The summed E-state index contributed by atoms with van der Waals surface area (Å²) >= 11 is 0. The van der Waals surface area contributed by atoms with Crippen LogP contribution in [0.4, 0.5) is 4.79 Å². The molecule has 0 aliphatic heterocycles. The molecule has 19 heavy (non-hydrogen) atoms. The molecule has 0 aliphatic rings. The topological polar surface area (TPSA) is 83.7 Å². The Labute approximate surface area is 109 Å². The van der Waals surface area contributed by atoms with Crippen molar-refractivity contribution in [3.05, 3.63) is 36.1 Å². The predicted molar refractivity (Wildman–Crippen MR) is 69.4 cm³/mol. The molecule has 6 heteroatoms. The fourth-order valence-electron chi connectivity index (χ4n) is 1.74. The van der Waals surface area contributed by atoms with E-state index in [9.17, 15) is 9.59 Å². The molecule has 2 aromatic rings. The second-order valence-electron chi connectivity index (χ2n) is 3.85. The van der Waals surface area contributed by atoms with Crippen LogP contribution >= 0.6 is 0 Å². The number of nitrogens with one attached hydrogen (secondary N) is 2. The van der Waals surface area contributed by atoms with Gasteiger partial charge in [0, 0.05) is 11.9 Å². The Morgan fingerprint density at radius 3 is 3.00 bits per heavy atom. The minimum absolute atomic E-state index is 0.0655. The van der Waals surface area contributed by atoms with Crippen molar-refractivity contribution in [1.29, 1.82) is 0 Å². The number of carbonyl (C=O) groups excluding carboxylic acids is 2. The number of para-hydroxylation sites is 1. The molecule has 0 saturated heterocycles. The fourth-order valence-corrected chi connectivity index (χ4v) is 1.74. The normalized spacial score (nSPS) is 9.89. The van der Waals surface area contributed by atoms with Crippen molar-refractivity contribution in [3.8, 4) is 0 Å². The van der Waals surface area contributed by atoms with Crippen LogP contribution in [0.3, 0.4) is 0 Å². The highest BCUT2D eigenvalue weighted by molar-refractivity contribution is 5.81. The maximum absolute atomic E-state index is 11.3. The van der Waals surface area contributed by atoms with Gasteiger partial charge in [0.2, 0.25) is 6.08 Å². The smallest absolute Gasteiger partial charge is 0.316 e. The molecule has 0 bridgehead atoms. The Morgan fingerprint density at radius 2 is 2.16 bits per heavy atom. The Hall–Kier alpha value is -2.59. The molecule has 0 aliphatic carbocycles. The maximum atomic E-state index is 11.3. The molecule has 0 radical (unpaired) electrons. The number of hydrogen-bond donors (Lipinski definition) is 2. The summed E-state index contributed by atoms with van der Waals surface area (Å²) in [7, 11) is 0. The number of urea groups is 1. The molecule has 1 aromatic carbocycles. The van der Waals surface area contributed by atoms with Gasteiger partial charge >= 0.3 is 6.03 Å². The van der Waals surface area contributed by atoms with Crippen molar-refractivity contribution in [2.75, 3.05) is 13.2 Å². The van der Waals surface area contributed by atoms with Crippen LogP contribution in [-0.4, -0.2) is 25.3 Å². The minimum Gasteiger partial charge on any atom is -0.464 e. The molecule has 0 saturated carbocycles. The molecule has 98 valence electrons. The second kappa shape index (κ2) is 6.37. The quantitative estimate of drug-likeness (QED) is 0.631. The van der Waals surface area contributed by atoms with Gasteiger partial charge in [-0.15, -0.1) is 0 Å². The summed E-state index contributed by atoms with van der Waals surface area (Å²) in [5.41, 5.74) is 1.88. The van der Waals surface area contributed by atoms with Gasteiger partial charge in [-0.05, 0) is 18.1 Å². The van der Waals surface area contributed by atoms with Gasteiger partial charge in [-0.2, -0.15) is 4.99 Å². The largest absolute Gasteiger partial charge is 0.464 e. The van der Waals surface area contributed by atoms with Crippen LogP contribution in [0.2, 0.25) is 0 Å². The first-order chi connectivity index (χ1) is 9.31. The van der Waals surface area contributed by atoms with Crippen LogP contribution < -0.4 is 10.6 Å². The Morgan fingerprint density at radius 1 is 1.32 bits per heavy atom. The van der Waals surface area contributed by atoms with E-state index in [1.54, 1.807) is 6.26 Å². The molecule has 2 N–H and O–H groups in total. The lowest BCUT2D eigenvalue weighted by atomic mass is 10.1. The standard InChI is InChI=1S/C13H13N3O3/c17-9-14-8-16-13(18)15-6-5-10-7-19-12-4-2-1-3-11(10)12/h1-4,7H,5-6,8H2,(H2,15,16,18). The molecule has 2 amide bonds. The van der Waals surface area contributed by atoms with Gasteiger partial charge in [0.05, 0.1) is 6.26 Å². The molecule has 0 unspecified atom stereocenters. The summed E-state index contributed by atoms with van der Waals surface area (Å²) in [5, 5.41) is 6.11. The number of hydrogen-bond acceptors (Lipinski definition) is 4. The molecule has 0 spiro atoms. The number of nitrogens with zero attached hydrogens (tertiary/aromatic N) is 1. The van der Waals surface area contributed by atoms with E-state index < -0.39 is 0 Å². The van der Waals surface area contributed by atoms with Crippen LogP contribution in [0.15, 0.2) is 39.9 Å². The zero-order valence-corrected chi connectivity index (χ0v) is 10.2. The van der Waals surface area contributed by atoms with E-state index in [-0.39, 0.29) is 12.7 Å². The number of rotatable bonds is 5. The van der Waals surface area contributed by atoms with Gasteiger partial charge in [0.25, 0.3) is 0 Å². The SMILES string of the molecule is O=C=NCNC(=O)NCCc1coc2ccccc12. The van der Waals surface area contributed by atoms with Crippen LogP contribution in [0.1, 0.15) is 5.56 Å². The molecule has 2 rings (SSSR count). The van der Waals surface area contributed by atoms with Gasteiger partial charge in [-0.25, -0.2) is 9.59 Å². The van der Waals surface area contributed by atoms with E-state index in [4.69, 9.17) is 4.42 Å². The number of amides is 2. The van der Waals surface area contributed by atoms with Crippen LogP contribution in [-0.2, 0) is 11.2 Å². The summed E-state index contributed by atoms with van der Waals surface area (Å²) in [4.78, 5) is 24.3. The van der Waals surface area contributed by atoms with Crippen LogP contribution in [0, 0.1) is 0 Å². The lowest BCUT2D eigenvalue weighted by Gasteiger charge is -2.04. The highest BCUT2D eigenvalue weighted by Crippen LogP contribution is 2.20. The van der Waals surface area contributed by atoms with Crippen LogP contribution in [0.5, 0.6) is 0 Å². The van der Waals surface area contributed by atoms with Crippen molar-refractivity contribution in [1.82, 2.24) is 10.6 Å². The minimum atomic E-state index is -0.369. The summed E-state index contributed by atoms with van der Waals surface area (Å²) in [6.45, 7) is 0.407. The summed E-state index contributed by atoms with van der Waals surface area (Å²) in [6, 6.07) is 7.36. The van der Waals surface area contributed by atoms with E-state index >= 15 is 0 Å². The van der Waals surface area contributed by atoms with E-state index in [0.29, 0.717) is 13.0 Å². The Kier molecular flexibility index (Phi) is 4.31. The van der Waals surface area contributed by atoms with Gasteiger partial charge in [-0.1, -0.05) is 18.2 Å². The van der Waals surface area contributed by atoms with E-state index in [1.165, 1.54) is 6.08 Å². The number of aliphatic imine (C=N–C) groups is 1. The third-order valence-electron chi connectivity index (χ3n) is 2.62. The van der Waals surface area contributed by atoms with Gasteiger partial charge in [-0.3, -0.25) is 0 Å². The fraction of sp³-hybridized carbons (Fsp3) is 0.231. The van der Waals surface area contributed by atoms with Crippen molar-refractivity contribution in [2.24, 2.45) is 4.99 Å². The number of carbonyl (C=O) groups is 1. The molecule has 6 nitrogen and oxygen atoms in total. The first kappa shape index (κ1) is 12.9. The predicted octanol–water partition coefficient (Wildman–Crippen LogP) is 1.57. The first-order valence-corrected chi connectivity index (χ1v) is 5.81. The van der Waals surface area contributed by atoms with Crippen molar-refractivity contribution < 1.29 is 14.0 Å². The zero-order valence-electron chi connectivity index (χ0n) is 10.2. The monoisotopic (exact) mass is 259 g/mol. The van der Waals surface area contributed by atoms with E-state index in [0.717, 1.165) is 16.5 Å². The second-order valence-corrected chi connectivity index (χ2v) is 3.85. The van der Waals surface area contributed by atoms with Crippen LogP contribution in [0.25, 0.3) is 11.0 Å². The summed E-state index contributed by atoms with van der Waals surface area (Å²) in [5.74, 6) is 0. The lowest BCUT2D eigenvalue weighted by Crippen LogP contribution is -2.36. The average molecular weight is 259 g/mol. The number of furan rings is 1. The lowest BCUT2D eigenvalue weighted by molar-refractivity contribution is 0.241. The molecule has 0 atom stereocenters. The Balaban J connectivity index is 1.82. The summed E-state index contributed by atoms with van der Waals surface area (Å²) in [6.07, 6.45) is 3.71. The summed E-state index contributed by atoms with van der Waals surface area (Å²) < 4.78 is 5.40. The van der Waals surface area contributed by atoms with Crippen molar-refractivity contribution in [3.63, 3.8) is 0 Å². The van der Waals surface area contributed by atoms with Crippen molar-refractivity contribution >= 4 is 23.1 Å². The molecular weight excluding hydrogens is 246 g/mol. The third-order valence-corrected chi connectivity index (χ3v) is 2.62. The van der Waals surface area contributed by atoms with Gasteiger partial charge in [0.15, 0.2) is 0 Å². The van der Waals surface area contributed by atoms with Gasteiger partial charge in [0.1, 0.15) is 12.3 Å². The highest BCUT2D eigenvalue weighted by Gasteiger charge is 2.05. The molecule has 1 aromatic heterocycles. The maximum Gasteiger partial charge on any atom is 0.316 e. The first-order valence-electron chi connectivity index (χ1n) is 5.81. The number of benzene rings is 1. The van der Waals surface area contributed by atoms with E-state index in [1.807, 2.05) is 24.3 Å². The van der Waals surface area contributed by atoms with Crippen molar-refractivity contribution in [2.45, 2.75) is 6.42 Å². The molecule has 0 fully saturated rings. The number of fused-ring (bicyclic) bond motifs is 1. The number of isocyanates is 1.